The van der Waals surface area contributed by atoms with E-state index in [1.165, 1.54) is 0 Å². The molecule has 0 saturated carbocycles. The highest BCUT2D eigenvalue weighted by Crippen LogP contribution is 2.26. The van der Waals surface area contributed by atoms with Crippen molar-refractivity contribution >= 4 is 0 Å². The zero-order valence-electron chi connectivity index (χ0n) is 10.7. The van der Waals surface area contributed by atoms with E-state index >= 15 is 0 Å². The molecule has 0 aromatic heterocycles. The van der Waals surface area contributed by atoms with Gasteiger partial charge in [0.15, 0.2) is 11.6 Å². The molecule has 1 nitrogen and oxygen atoms in total. The number of rotatable bonds is 3. The van der Waals surface area contributed by atoms with Gasteiger partial charge in [0, 0.05) is 11.6 Å². The van der Waals surface area contributed by atoms with Crippen LogP contribution in [0.5, 0.6) is 0 Å². The van der Waals surface area contributed by atoms with Gasteiger partial charge in [0.25, 0.3) is 0 Å². The molecule has 2 aromatic carbocycles. The second-order valence-corrected chi connectivity index (χ2v) is 4.42. The minimum Gasteiger partial charge on any atom is -0.309 e. The standard InChI is InChI=1S/C15H14F3N/c1-9-4-3-5-10(6-9)15(19-2)11-7-13(17)14(18)8-12(11)16/h3-8,15,19H,1-2H3. The van der Waals surface area contributed by atoms with Gasteiger partial charge in [-0.15, -0.1) is 0 Å². The van der Waals surface area contributed by atoms with Crippen LogP contribution in [0.3, 0.4) is 0 Å². The van der Waals surface area contributed by atoms with Gasteiger partial charge < -0.3 is 5.32 Å². The Bertz CT molecular complexity index is 596. The monoisotopic (exact) mass is 265 g/mol. The predicted octanol–water partition coefficient (Wildman–Crippen LogP) is 3.72. The molecule has 0 bridgehead atoms. The molecule has 2 rings (SSSR count). The van der Waals surface area contributed by atoms with E-state index in [0.717, 1.165) is 17.2 Å². The smallest absolute Gasteiger partial charge is 0.161 e. The lowest BCUT2D eigenvalue weighted by Gasteiger charge is -2.18. The molecule has 0 aliphatic heterocycles. The lowest BCUT2D eigenvalue weighted by molar-refractivity contribution is 0.483. The molecule has 0 amide bonds. The van der Waals surface area contributed by atoms with Crippen LogP contribution in [-0.2, 0) is 0 Å². The van der Waals surface area contributed by atoms with E-state index < -0.39 is 23.5 Å². The highest BCUT2D eigenvalue weighted by molar-refractivity contribution is 5.35. The summed E-state index contributed by atoms with van der Waals surface area (Å²) >= 11 is 0. The molecule has 1 atom stereocenters. The van der Waals surface area contributed by atoms with Gasteiger partial charge in [0.05, 0.1) is 6.04 Å². The van der Waals surface area contributed by atoms with Crippen molar-refractivity contribution < 1.29 is 13.2 Å². The van der Waals surface area contributed by atoms with E-state index in [4.69, 9.17) is 0 Å². The minimum absolute atomic E-state index is 0.0898. The fraction of sp³-hybridized carbons (Fsp3) is 0.200. The summed E-state index contributed by atoms with van der Waals surface area (Å²) in [6.07, 6.45) is 0. The highest BCUT2D eigenvalue weighted by atomic mass is 19.2. The molecule has 0 fully saturated rings. The van der Waals surface area contributed by atoms with E-state index in [9.17, 15) is 13.2 Å². The Kier molecular flexibility index (Phi) is 3.90. The first-order chi connectivity index (χ1) is 9.02. The molecule has 4 heteroatoms. The van der Waals surface area contributed by atoms with Crippen LogP contribution in [0.1, 0.15) is 22.7 Å². The molecule has 0 saturated heterocycles. The lowest BCUT2D eigenvalue weighted by atomic mass is 9.97. The Morgan fingerprint density at radius 1 is 0.947 bits per heavy atom. The first kappa shape index (κ1) is 13.6. The van der Waals surface area contributed by atoms with Gasteiger partial charge in [0.2, 0.25) is 0 Å². The molecule has 0 radical (unpaired) electrons. The largest absolute Gasteiger partial charge is 0.309 e. The van der Waals surface area contributed by atoms with Crippen molar-refractivity contribution in [3.8, 4) is 0 Å². The van der Waals surface area contributed by atoms with Crippen LogP contribution in [0.4, 0.5) is 13.2 Å². The van der Waals surface area contributed by atoms with E-state index in [1.54, 1.807) is 7.05 Å². The third-order valence-electron chi connectivity index (χ3n) is 3.01. The zero-order chi connectivity index (χ0) is 14.0. The molecule has 0 spiro atoms. The summed E-state index contributed by atoms with van der Waals surface area (Å²) < 4.78 is 40.0. The number of halogens is 3. The highest BCUT2D eigenvalue weighted by Gasteiger charge is 2.19. The van der Waals surface area contributed by atoms with Crippen molar-refractivity contribution in [2.45, 2.75) is 13.0 Å². The molecule has 19 heavy (non-hydrogen) atoms. The van der Waals surface area contributed by atoms with Crippen LogP contribution in [-0.4, -0.2) is 7.05 Å². The Hall–Kier alpha value is -1.81. The molecular weight excluding hydrogens is 251 g/mol. The molecule has 1 unspecified atom stereocenters. The van der Waals surface area contributed by atoms with Crippen molar-refractivity contribution in [2.24, 2.45) is 0 Å². The summed E-state index contributed by atoms with van der Waals surface area (Å²) in [5.41, 5.74) is 1.90. The SMILES string of the molecule is CNC(c1cccc(C)c1)c1cc(F)c(F)cc1F. The molecule has 0 aliphatic carbocycles. The van der Waals surface area contributed by atoms with E-state index in [1.807, 2.05) is 31.2 Å². The van der Waals surface area contributed by atoms with E-state index in [2.05, 4.69) is 5.32 Å². The maximum Gasteiger partial charge on any atom is 0.161 e. The molecule has 100 valence electrons. The Morgan fingerprint density at radius 2 is 1.63 bits per heavy atom. The first-order valence-corrected chi connectivity index (χ1v) is 5.91. The number of aryl methyl sites for hydroxylation is 1. The Balaban J connectivity index is 2.51. The molecule has 1 N–H and O–H groups in total. The van der Waals surface area contributed by atoms with Crippen molar-refractivity contribution in [3.63, 3.8) is 0 Å². The van der Waals surface area contributed by atoms with Gasteiger partial charge in [-0.2, -0.15) is 0 Å². The maximum atomic E-state index is 13.8. The summed E-state index contributed by atoms with van der Waals surface area (Å²) in [5.74, 6) is -3.00. The summed E-state index contributed by atoms with van der Waals surface area (Å²) in [6, 6.07) is 8.40. The van der Waals surface area contributed by atoms with Crippen LogP contribution < -0.4 is 5.32 Å². The molecule has 0 heterocycles. The van der Waals surface area contributed by atoms with Crippen LogP contribution in [0.15, 0.2) is 36.4 Å². The second-order valence-electron chi connectivity index (χ2n) is 4.42. The van der Waals surface area contributed by atoms with Gasteiger partial charge in [-0.25, -0.2) is 13.2 Å². The maximum absolute atomic E-state index is 13.8. The number of hydrogen-bond acceptors (Lipinski definition) is 1. The second kappa shape index (κ2) is 5.45. The Labute approximate surface area is 110 Å². The summed E-state index contributed by atoms with van der Waals surface area (Å²) in [5, 5.41) is 2.92. The van der Waals surface area contributed by atoms with Gasteiger partial charge in [0.1, 0.15) is 5.82 Å². The van der Waals surface area contributed by atoms with Crippen LogP contribution in [0.2, 0.25) is 0 Å². The number of nitrogens with one attached hydrogen (secondary N) is 1. The van der Waals surface area contributed by atoms with Crippen molar-refractivity contribution in [1.82, 2.24) is 5.32 Å². The third-order valence-corrected chi connectivity index (χ3v) is 3.01. The predicted molar refractivity (Wildman–Crippen MR) is 68.4 cm³/mol. The average molecular weight is 265 g/mol. The normalized spacial score (nSPS) is 12.5. The van der Waals surface area contributed by atoms with Gasteiger partial charge >= 0.3 is 0 Å². The summed E-state index contributed by atoms with van der Waals surface area (Å²) in [6.45, 7) is 1.91. The molecule has 0 aliphatic rings. The average Bonchev–Trinajstić information content (AvgIpc) is 2.36. The molecular formula is C15H14F3N. The van der Waals surface area contributed by atoms with Crippen molar-refractivity contribution in [1.29, 1.82) is 0 Å². The van der Waals surface area contributed by atoms with Crippen LogP contribution in [0.25, 0.3) is 0 Å². The zero-order valence-corrected chi connectivity index (χ0v) is 10.7. The lowest BCUT2D eigenvalue weighted by Crippen LogP contribution is -2.19. The Morgan fingerprint density at radius 3 is 2.26 bits per heavy atom. The fourth-order valence-electron chi connectivity index (χ4n) is 2.11. The van der Waals surface area contributed by atoms with E-state index in [0.29, 0.717) is 6.07 Å². The van der Waals surface area contributed by atoms with Crippen LogP contribution in [0, 0.1) is 24.4 Å². The molecule has 2 aromatic rings. The first-order valence-electron chi connectivity index (χ1n) is 5.91. The van der Waals surface area contributed by atoms with Gasteiger partial charge in [-0.05, 0) is 25.6 Å². The summed E-state index contributed by atoms with van der Waals surface area (Å²) in [7, 11) is 1.65. The van der Waals surface area contributed by atoms with Gasteiger partial charge in [-0.1, -0.05) is 29.8 Å². The van der Waals surface area contributed by atoms with Crippen LogP contribution >= 0.6 is 0 Å². The van der Waals surface area contributed by atoms with Crippen molar-refractivity contribution in [2.75, 3.05) is 7.05 Å². The van der Waals surface area contributed by atoms with Crippen molar-refractivity contribution in [3.05, 3.63) is 70.5 Å². The topological polar surface area (TPSA) is 12.0 Å². The van der Waals surface area contributed by atoms with E-state index in [-0.39, 0.29) is 5.56 Å². The summed E-state index contributed by atoms with van der Waals surface area (Å²) in [4.78, 5) is 0. The van der Waals surface area contributed by atoms with Gasteiger partial charge in [-0.3, -0.25) is 0 Å². The quantitative estimate of drug-likeness (QED) is 0.834. The number of hydrogen-bond donors (Lipinski definition) is 1. The fourth-order valence-corrected chi connectivity index (χ4v) is 2.11. The number of benzene rings is 2. The third kappa shape index (κ3) is 2.79. The minimum atomic E-state index is -1.18.